The van der Waals surface area contributed by atoms with Gasteiger partial charge in [0.25, 0.3) is 0 Å². The first-order valence-electron chi connectivity index (χ1n) is 5.73. The Kier molecular flexibility index (Phi) is 3.64. The summed E-state index contributed by atoms with van der Waals surface area (Å²) < 4.78 is 25.4. The van der Waals surface area contributed by atoms with Crippen molar-refractivity contribution in [3.63, 3.8) is 0 Å². The molecule has 6 heteroatoms. The van der Waals surface area contributed by atoms with Crippen molar-refractivity contribution in [2.75, 3.05) is 6.26 Å². The van der Waals surface area contributed by atoms with Gasteiger partial charge in [-0.15, -0.1) is 11.6 Å². The summed E-state index contributed by atoms with van der Waals surface area (Å²) in [6.07, 6.45) is 2.14. The highest BCUT2D eigenvalue weighted by atomic mass is 35.5. The van der Waals surface area contributed by atoms with Crippen LogP contribution in [0.15, 0.2) is 23.1 Å². The van der Waals surface area contributed by atoms with E-state index >= 15 is 0 Å². The minimum absolute atomic E-state index is 0.265. The molecule has 1 aromatic carbocycles. The number of benzene rings is 1. The van der Waals surface area contributed by atoms with Crippen molar-refractivity contribution in [1.29, 1.82) is 0 Å². The minimum atomic E-state index is -3.27. The molecule has 98 valence electrons. The predicted octanol–water partition coefficient (Wildman–Crippen LogP) is 2.59. The minimum Gasteiger partial charge on any atom is -0.327 e. The Morgan fingerprint density at radius 3 is 2.67 bits per heavy atom. The molecule has 0 saturated heterocycles. The van der Waals surface area contributed by atoms with Gasteiger partial charge in [-0.1, -0.05) is 13.0 Å². The van der Waals surface area contributed by atoms with Gasteiger partial charge in [-0.2, -0.15) is 0 Å². The van der Waals surface area contributed by atoms with Crippen LogP contribution in [0.1, 0.15) is 19.2 Å². The van der Waals surface area contributed by atoms with Gasteiger partial charge in [-0.05, 0) is 18.6 Å². The standard InChI is InChI=1S/C12H15ClN2O2S/c1-3-7-15-9-5-4-6-10(18(2,16)17)12(9)14-11(15)8-13/h4-6H,3,7-8H2,1-2H3. The lowest BCUT2D eigenvalue weighted by atomic mass is 10.3. The summed E-state index contributed by atoms with van der Waals surface area (Å²) in [5.74, 6) is 0.988. The van der Waals surface area contributed by atoms with Crippen molar-refractivity contribution in [3.05, 3.63) is 24.0 Å². The van der Waals surface area contributed by atoms with Gasteiger partial charge in [0.1, 0.15) is 11.3 Å². The summed E-state index contributed by atoms with van der Waals surface area (Å²) in [7, 11) is -3.27. The second kappa shape index (κ2) is 4.90. The molecule has 18 heavy (non-hydrogen) atoms. The van der Waals surface area contributed by atoms with Crippen LogP contribution < -0.4 is 0 Å². The van der Waals surface area contributed by atoms with Crippen LogP contribution in [-0.2, 0) is 22.3 Å². The lowest BCUT2D eigenvalue weighted by molar-refractivity contribution is 0.602. The van der Waals surface area contributed by atoms with Gasteiger partial charge >= 0.3 is 0 Å². The molecule has 0 atom stereocenters. The summed E-state index contributed by atoms with van der Waals surface area (Å²) in [4.78, 5) is 4.63. The number of para-hydroxylation sites is 1. The first-order chi connectivity index (χ1) is 8.49. The maximum atomic E-state index is 11.7. The molecule has 0 amide bonds. The fourth-order valence-corrected chi connectivity index (χ4v) is 3.07. The molecule has 0 aliphatic rings. The largest absolute Gasteiger partial charge is 0.327 e. The Morgan fingerprint density at radius 1 is 1.39 bits per heavy atom. The fraction of sp³-hybridized carbons (Fsp3) is 0.417. The lowest BCUT2D eigenvalue weighted by Gasteiger charge is -2.05. The normalized spacial score (nSPS) is 12.2. The Balaban J connectivity index is 2.80. The van der Waals surface area contributed by atoms with Crippen molar-refractivity contribution in [2.45, 2.75) is 30.7 Å². The van der Waals surface area contributed by atoms with E-state index in [1.807, 2.05) is 10.6 Å². The average molecular weight is 287 g/mol. The summed E-state index contributed by atoms with van der Waals surface area (Å²) in [5, 5.41) is 0. The molecule has 2 rings (SSSR count). The van der Waals surface area contributed by atoms with Gasteiger partial charge in [0, 0.05) is 12.8 Å². The highest BCUT2D eigenvalue weighted by Gasteiger charge is 2.17. The highest BCUT2D eigenvalue weighted by molar-refractivity contribution is 7.91. The van der Waals surface area contributed by atoms with Crippen LogP contribution in [-0.4, -0.2) is 24.2 Å². The Morgan fingerprint density at radius 2 is 2.11 bits per heavy atom. The van der Waals surface area contributed by atoms with E-state index < -0.39 is 9.84 Å². The van der Waals surface area contributed by atoms with Crippen molar-refractivity contribution >= 4 is 32.5 Å². The number of halogens is 1. The number of alkyl halides is 1. The first kappa shape index (κ1) is 13.4. The molecule has 1 aromatic heterocycles. The number of aryl methyl sites for hydroxylation is 1. The second-order valence-electron chi connectivity index (χ2n) is 4.21. The quantitative estimate of drug-likeness (QED) is 0.812. The number of nitrogens with zero attached hydrogens (tertiary/aromatic N) is 2. The van der Waals surface area contributed by atoms with Crippen LogP contribution in [0.2, 0.25) is 0 Å². The zero-order chi connectivity index (χ0) is 13.3. The number of rotatable bonds is 4. The molecule has 0 spiro atoms. The summed E-state index contributed by atoms with van der Waals surface area (Å²) in [6.45, 7) is 2.84. The van der Waals surface area contributed by atoms with E-state index in [2.05, 4.69) is 11.9 Å². The van der Waals surface area contributed by atoms with E-state index in [4.69, 9.17) is 11.6 Å². The van der Waals surface area contributed by atoms with Gasteiger partial charge in [-0.25, -0.2) is 13.4 Å². The van der Waals surface area contributed by atoms with Crippen molar-refractivity contribution in [1.82, 2.24) is 9.55 Å². The summed E-state index contributed by atoms with van der Waals surface area (Å²) >= 11 is 5.87. The van der Waals surface area contributed by atoms with Gasteiger partial charge < -0.3 is 4.57 Å². The summed E-state index contributed by atoms with van der Waals surface area (Å²) in [5.41, 5.74) is 1.35. The molecule has 0 saturated carbocycles. The number of imidazole rings is 1. The number of fused-ring (bicyclic) bond motifs is 1. The van der Waals surface area contributed by atoms with Gasteiger partial charge in [0.15, 0.2) is 9.84 Å². The molecule has 0 aliphatic carbocycles. The third-order valence-electron chi connectivity index (χ3n) is 2.79. The van der Waals surface area contributed by atoms with E-state index in [1.54, 1.807) is 12.1 Å². The van der Waals surface area contributed by atoms with Crippen molar-refractivity contribution in [2.24, 2.45) is 0 Å². The molecule has 2 aromatic rings. The van der Waals surface area contributed by atoms with E-state index in [1.165, 1.54) is 6.26 Å². The molecule has 0 aliphatic heterocycles. The van der Waals surface area contributed by atoms with Crippen LogP contribution in [0.3, 0.4) is 0 Å². The number of sulfone groups is 1. The topological polar surface area (TPSA) is 52.0 Å². The summed E-state index contributed by atoms with van der Waals surface area (Å²) in [6, 6.07) is 5.20. The van der Waals surface area contributed by atoms with Crippen LogP contribution >= 0.6 is 11.6 Å². The Bertz CT molecular complexity index is 677. The Hall–Kier alpha value is -1.07. The van der Waals surface area contributed by atoms with Crippen molar-refractivity contribution in [3.8, 4) is 0 Å². The predicted molar refractivity (Wildman–Crippen MR) is 72.7 cm³/mol. The van der Waals surface area contributed by atoms with Crippen LogP contribution in [0.4, 0.5) is 0 Å². The number of hydrogen-bond donors (Lipinski definition) is 0. The SMILES string of the molecule is CCCn1c(CCl)nc2c(S(C)(=O)=O)cccc21. The monoisotopic (exact) mass is 286 g/mol. The Labute approximate surface area is 112 Å². The molecule has 0 bridgehead atoms. The zero-order valence-electron chi connectivity index (χ0n) is 10.4. The molecule has 0 N–H and O–H groups in total. The van der Waals surface area contributed by atoms with Crippen LogP contribution in [0.5, 0.6) is 0 Å². The van der Waals surface area contributed by atoms with Crippen molar-refractivity contribution < 1.29 is 8.42 Å². The lowest BCUT2D eigenvalue weighted by Crippen LogP contribution is -2.01. The zero-order valence-corrected chi connectivity index (χ0v) is 11.9. The van der Waals surface area contributed by atoms with E-state index in [0.29, 0.717) is 11.3 Å². The average Bonchev–Trinajstić information content (AvgIpc) is 2.66. The van der Waals surface area contributed by atoms with Crippen LogP contribution in [0, 0.1) is 0 Å². The third kappa shape index (κ3) is 2.24. The highest BCUT2D eigenvalue weighted by Crippen LogP contribution is 2.24. The number of hydrogen-bond acceptors (Lipinski definition) is 3. The maximum Gasteiger partial charge on any atom is 0.177 e. The molecule has 1 heterocycles. The molecular weight excluding hydrogens is 272 g/mol. The molecular formula is C12H15ClN2O2S. The third-order valence-corrected chi connectivity index (χ3v) is 4.15. The van der Waals surface area contributed by atoms with E-state index in [0.717, 1.165) is 18.5 Å². The second-order valence-corrected chi connectivity index (χ2v) is 6.46. The molecule has 0 unspecified atom stereocenters. The van der Waals surface area contributed by atoms with Gasteiger partial charge in [0.05, 0.1) is 16.3 Å². The number of aromatic nitrogens is 2. The smallest absolute Gasteiger partial charge is 0.177 e. The van der Waals surface area contributed by atoms with Gasteiger partial charge in [0.2, 0.25) is 0 Å². The maximum absolute atomic E-state index is 11.7. The molecule has 0 radical (unpaired) electrons. The van der Waals surface area contributed by atoms with E-state index in [9.17, 15) is 8.42 Å². The van der Waals surface area contributed by atoms with Crippen LogP contribution in [0.25, 0.3) is 11.0 Å². The van der Waals surface area contributed by atoms with E-state index in [-0.39, 0.29) is 10.8 Å². The molecule has 0 fully saturated rings. The van der Waals surface area contributed by atoms with Gasteiger partial charge in [-0.3, -0.25) is 0 Å². The molecule has 4 nitrogen and oxygen atoms in total. The fourth-order valence-electron chi connectivity index (χ4n) is 2.04. The first-order valence-corrected chi connectivity index (χ1v) is 8.15.